The van der Waals surface area contributed by atoms with E-state index in [4.69, 9.17) is 10.5 Å². The van der Waals surface area contributed by atoms with Gasteiger partial charge in [-0.3, -0.25) is 0 Å². The summed E-state index contributed by atoms with van der Waals surface area (Å²) in [5.41, 5.74) is 8.38. The van der Waals surface area contributed by atoms with E-state index in [-0.39, 0.29) is 6.61 Å². The molecular weight excluding hydrogens is 242 g/mol. The first-order valence-corrected chi connectivity index (χ1v) is 6.63. The third kappa shape index (κ3) is 2.09. The van der Waals surface area contributed by atoms with Crippen molar-refractivity contribution in [2.24, 2.45) is 0 Å². The fraction of sp³-hybridized carbons (Fsp3) is 0.500. The second-order valence-corrected chi connectivity index (χ2v) is 5.13. The van der Waals surface area contributed by atoms with Crippen LogP contribution in [0.2, 0.25) is 0 Å². The van der Waals surface area contributed by atoms with Gasteiger partial charge in [0.15, 0.2) is 0 Å². The fourth-order valence-corrected chi connectivity index (χ4v) is 3.05. The van der Waals surface area contributed by atoms with Gasteiger partial charge < -0.3 is 20.1 Å². The summed E-state index contributed by atoms with van der Waals surface area (Å²) in [5.74, 6) is 0.711. The van der Waals surface area contributed by atoms with Gasteiger partial charge in [-0.15, -0.1) is 0 Å². The highest BCUT2D eigenvalue weighted by Crippen LogP contribution is 2.35. The predicted molar refractivity (Wildman–Crippen MR) is 73.8 cm³/mol. The maximum absolute atomic E-state index is 9.53. The van der Waals surface area contributed by atoms with Crippen LogP contribution in [0.15, 0.2) is 18.2 Å². The Morgan fingerprint density at radius 1 is 1.47 bits per heavy atom. The Labute approximate surface area is 112 Å². The number of aliphatic hydroxyl groups excluding tert-OH is 1. The molecule has 0 bridgehead atoms. The molecule has 5 heteroatoms. The maximum atomic E-state index is 9.53. The van der Waals surface area contributed by atoms with Crippen LogP contribution in [0, 0.1) is 0 Å². The highest BCUT2D eigenvalue weighted by Gasteiger charge is 2.28. The lowest BCUT2D eigenvalue weighted by Gasteiger charge is -2.16. The van der Waals surface area contributed by atoms with E-state index in [2.05, 4.69) is 9.55 Å². The third-order valence-corrected chi connectivity index (χ3v) is 3.98. The second kappa shape index (κ2) is 4.83. The summed E-state index contributed by atoms with van der Waals surface area (Å²) in [7, 11) is 1.76. The van der Waals surface area contributed by atoms with Crippen molar-refractivity contribution >= 4 is 16.7 Å². The van der Waals surface area contributed by atoms with Gasteiger partial charge in [0, 0.05) is 18.8 Å². The number of aromatic nitrogens is 2. The fourth-order valence-electron chi connectivity index (χ4n) is 3.05. The largest absolute Gasteiger partial charge is 0.399 e. The standard InChI is InChI=1S/C14H19N3O2/c1-19-11-4-3-10(7-11)17-13-5-2-9(15)6-12(13)16-14(17)8-18/h2,5-6,10-11,18H,3-4,7-8,15H2,1H3. The first kappa shape index (κ1) is 12.4. The van der Waals surface area contributed by atoms with Crippen LogP contribution in [0.1, 0.15) is 31.1 Å². The number of ether oxygens (including phenoxy) is 1. The van der Waals surface area contributed by atoms with E-state index in [1.54, 1.807) is 7.11 Å². The molecule has 5 nitrogen and oxygen atoms in total. The van der Waals surface area contributed by atoms with Gasteiger partial charge in [0.2, 0.25) is 0 Å². The van der Waals surface area contributed by atoms with E-state index in [9.17, 15) is 5.11 Å². The molecule has 2 atom stereocenters. The van der Waals surface area contributed by atoms with E-state index in [0.717, 1.165) is 30.3 Å². The van der Waals surface area contributed by atoms with E-state index >= 15 is 0 Å². The zero-order valence-corrected chi connectivity index (χ0v) is 11.0. The molecule has 0 spiro atoms. The van der Waals surface area contributed by atoms with Crippen LogP contribution in [-0.4, -0.2) is 27.9 Å². The molecule has 0 radical (unpaired) electrons. The van der Waals surface area contributed by atoms with Crippen LogP contribution in [0.3, 0.4) is 0 Å². The smallest absolute Gasteiger partial charge is 0.135 e. The molecule has 1 aliphatic rings. The Bertz CT molecular complexity index is 594. The second-order valence-electron chi connectivity index (χ2n) is 5.13. The molecule has 3 N–H and O–H groups in total. The van der Waals surface area contributed by atoms with Crippen molar-refractivity contribution < 1.29 is 9.84 Å². The first-order chi connectivity index (χ1) is 9.22. The summed E-state index contributed by atoms with van der Waals surface area (Å²) < 4.78 is 7.57. The Kier molecular flexibility index (Phi) is 3.16. The van der Waals surface area contributed by atoms with Gasteiger partial charge in [0.05, 0.1) is 17.1 Å². The van der Waals surface area contributed by atoms with Crippen molar-refractivity contribution in [3.63, 3.8) is 0 Å². The molecule has 102 valence electrons. The van der Waals surface area contributed by atoms with Crippen LogP contribution in [0.5, 0.6) is 0 Å². The van der Waals surface area contributed by atoms with Gasteiger partial charge in [-0.1, -0.05) is 0 Å². The quantitative estimate of drug-likeness (QED) is 0.827. The minimum atomic E-state index is -0.0528. The molecule has 2 unspecified atom stereocenters. The van der Waals surface area contributed by atoms with Crippen molar-refractivity contribution in [1.82, 2.24) is 9.55 Å². The number of nitrogens with two attached hydrogens (primary N) is 1. The number of fused-ring (bicyclic) bond motifs is 1. The number of benzene rings is 1. The summed E-state index contributed by atoms with van der Waals surface area (Å²) >= 11 is 0. The zero-order valence-electron chi connectivity index (χ0n) is 11.0. The SMILES string of the molecule is COC1CCC(n2c(CO)nc3cc(N)ccc32)C1. The number of hydrogen-bond donors (Lipinski definition) is 2. The van der Waals surface area contributed by atoms with Gasteiger partial charge in [-0.05, 0) is 37.5 Å². The summed E-state index contributed by atoms with van der Waals surface area (Å²) in [6, 6.07) is 6.07. The number of methoxy groups -OCH3 is 1. The Morgan fingerprint density at radius 2 is 2.32 bits per heavy atom. The van der Waals surface area contributed by atoms with Gasteiger partial charge in [-0.25, -0.2) is 4.98 Å². The van der Waals surface area contributed by atoms with Crippen LogP contribution in [-0.2, 0) is 11.3 Å². The monoisotopic (exact) mass is 261 g/mol. The molecular formula is C14H19N3O2. The highest BCUT2D eigenvalue weighted by molar-refractivity contribution is 5.79. The summed E-state index contributed by atoms with van der Waals surface area (Å²) in [5, 5.41) is 9.53. The van der Waals surface area contributed by atoms with E-state index in [0.29, 0.717) is 23.7 Å². The van der Waals surface area contributed by atoms with E-state index in [1.807, 2.05) is 18.2 Å². The number of nitrogens with zero attached hydrogens (tertiary/aromatic N) is 2. The molecule has 0 amide bonds. The Morgan fingerprint density at radius 3 is 3.00 bits per heavy atom. The lowest BCUT2D eigenvalue weighted by molar-refractivity contribution is 0.105. The average Bonchev–Trinajstić information content (AvgIpc) is 3.00. The molecule has 1 heterocycles. The number of anilines is 1. The number of aliphatic hydroxyl groups is 1. The number of imidazole rings is 1. The maximum Gasteiger partial charge on any atom is 0.135 e. The van der Waals surface area contributed by atoms with Gasteiger partial charge >= 0.3 is 0 Å². The Balaban J connectivity index is 2.06. The third-order valence-electron chi connectivity index (χ3n) is 3.98. The van der Waals surface area contributed by atoms with Crippen LogP contribution >= 0.6 is 0 Å². The van der Waals surface area contributed by atoms with Crippen molar-refractivity contribution in [3.05, 3.63) is 24.0 Å². The molecule has 1 aromatic heterocycles. The van der Waals surface area contributed by atoms with Crippen LogP contribution in [0.4, 0.5) is 5.69 Å². The summed E-state index contributed by atoms with van der Waals surface area (Å²) in [4.78, 5) is 4.48. The minimum Gasteiger partial charge on any atom is -0.399 e. The van der Waals surface area contributed by atoms with Crippen LogP contribution < -0.4 is 5.73 Å². The lowest BCUT2D eigenvalue weighted by atomic mass is 10.2. The molecule has 2 aromatic rings. The topological polar surface area (TPSA) is 73.3 Å². The van der Waals surface area contributed by atoms with Crippen molar-refractivity contribution in [1.29, 1.82) is 0 Å². The molecule has 1 saturated carbocycles. The van der Waals surface area contributed by atoms with E-state index < -0.39 is 0 Å². The van der Waals surface area contributed by atoms with Crippen molar-refractivity contribution in [2.45, 2.75) is 38.0 Å². The molecule has 0 aliphatic heterocycles. The number of nitrogen functional groups attached to an aromatic ring is 1. The van der Waals surface area contributed by atoms with Crippen molar-refractivity contribution in [3.8, 4) is 0 Å². The first-order valence-electron chi connectivity index (χ1n) is 6.63. The van der Waals surface area contributed by atoms with Gasteiger partial charge in [0.1, 0.15) is 12.4 Å². The molecule has 19 heavy (non-hydrogen) atoms. The average molecular weight is 261 g/mol. The molecule has 1 aromatic carbocycles. The van der Waals surface area contributed by atoms with Crippen LogP contribution in [0.25, 0.3) is 11.0 Å². The van der Waals surface area contributed by atoms with Gasteiger partial charge in [0.25, 0.3) is 0 Å². The summed E-state index contributed by atoms with van der Waals surface area (Å²) in [6.07, 6.45) is 3.39. The normalized spacial score (nSPS) is 23.3. The summed E-state index contributed by atoms with van der Waals surface area (Å²) in [6.45, 7) is -0.0528. The molecule has 0 saturated heterocycles. The van der Waals surface area contributed by atoms with Gasteiger partial charge in [-0.2, -0.15) is 0 Å². The predicted octanol–water partition coefficient (Wildman–Crippen LogP) is 1.85. The molecule has 1 fully saturated rings. The van der Waals surface area contributed by atoms with E-state index in [1.165, 1.54) is 0 Å². The molecule has 3 rings (SSSR count). The highest BCUT2D eigenvalue weighted by atomic mass is 16.5. The van der Waals surface area contributed by atoms with Crippen molar-refractivity contribution in [2.75, 3.05) is 12.8 Å². The molecule has 1 aliphatic carbocycles. The number of hydrogen-bond acceptors (Lipinski definition) is 4. The minimum absolute atomic E-state index is 0.0528. The zero-order chi connectivity index (χ0) is 13.4. The lowest BCUT2D eigenvalue weighted by Crippen LogP contribution is -2.11. The Hall–Kier alpha value is -1.59. The number of rotatable bonds is 3.